The number of hydrogen-bond acceptors (Lipinski definition) is 6. The van der Waals surface area contributed by atoms with Gasteiger partial charge in [0.15, 0.2) is 0 Å². The highest BCUT2D eigenvalue weighted by Gasteiger charge is 2.56. The molecule has 3 amide bonds. The Kier molecular flexibility index (Phi) is 7.20. The average Bonchev–Trinajstić information content (AvgIpc) is 3.37. The van der Waals surface area contributed by atoms with Crippen LogP contribution in [0.15, 0.2) is 87.1 Å². The molecule has 0 saturated carbocycles. The highest BCUT2D eigenvalue weighted by molar-refractivity contribution is 9.10. The van der Waals surface area contributed by atoms with Crippen LogP contribution in [0.4, 0.5) is 11.4 Å². The third kappa shape index (κ3) is 4.83. The summed E-state index contributed by atoms with van der Waals surface area (Å²) in [5.74, 6) is -2.28. The monoisotopic (exact) mass is 653 g/mol. The summed E-state index contributed by atoms with van der Waals surface area (Å²) in [4.78, 5) is 55.5. The van der Waals surface area contributed by atoms with Crippen LogP contribution in [0.5, 0.6) is 0 Å². The van der Waals surface area contributed by atoms with E-state index in [1.165, 1.54) is 21.2 Å². The van der Waals surface area contributed by atoms with Gasteiger partial charge in [-0.25, -0.2) is 4.90 Å². The Morgan fingerprint density at radius 1 is 0.950 bits per heavy atom. The summed E-state index contributed by atoms with van der Waals surface area (Å²) in [5.41, 5.74) is 2.95. The number of aromatic nitrogens is 1. The predicted octanol–water partition coefficient (Wildman–Crippen LogP) is 6.07. The quantitative estimate of drug-likeness (QED) is 0.264. The molecule has 1 aromatic heterocycles. The normalized spacial score (nSPS) is 19.9. The van der Waals surface area contributed by atoms with Crippen molar-refractivity contribution in [3.63, 3.8) is 0 Å². The van der Waals surface area contributed by atoms with E-state index in [-0.39, 0.29) is 29.1 Å². The molecule has 0 bridgehead atoms. The van der Waals surface area contributed by atoms with E-state index in [2.05, 4.69) is 21.2 Å². The van der Waals surface area contributed by atoms with Gasteiger partial charge in [-0.1, -0.05) is 80.5 Å². The van der Waals surface area contributed by atoms with Crippen LogP contribution in [0.1, 0.15) is 21.9 Å². The number of carbonyl (C=O) groups is 3. The van der Waals surface area contributed by atoms with E-state index in [4.69, 9.17) is 11.6 Å². The Morgan fingerprint density at radius 3 is 2.30 bits per heavy atom. The number of fused-ring (bicyclic) bond motifs is 2. The lowest BCUT2D eigenvalue weighted by molar-refractivity contribution is -0.122. The number of imide groups is 1. The van der Waals surface area contributed by atoms with Crippen molar-refractivity contribution in [3.05, 3.63) is 108 Å². The number of thioether (sulfide) groups is 1. The van der Waals surface area contributed by atoms with Gasteiger partial charge in [-0.05, 0) is 61.0 Å². The summed E-state index contributed by atoms with van der Waals surface area (Å²) >= 11 is 11.7. The van der Waals surface area contributed by atoms with Crippen molar-refractivity contribution in [2.24, 2.45) is 5.92 Å². The van der Waals surface area contributed by atoms with Gasteiger partial charge >= 0.3 is 4.87 Å². The van der Waals surface area contributed by atoms with E-state index in [1.807, 2.05) is 43.3 Å². The summed E-state index contributed by atoms with van der Waals surface area (Å²) in [5, 5.41) is 3.12. The first-order valence-corrected chi connectivity index (χ1v) is 15.2. The van der Waals surface area contributed by atoms with Crippen LogP contribution in [-0.4, -0.2) is 27.5 Å². The van der Waals surface area contributed by atoms with Crippen molar-refractivity contribution in [2.45, 2.75) is 29.7 Å². The first kappa shape index (κ1) is 27.0. The smallest absolute Gasteiger partial charge is 0.308 e. The van der Waals surface area contributed by atoms with Gasteiger partial charge in [0.2, 0.25) is 17.7 Å². The number of amides is 3. The average molecular weight is 655 g/mol. The molecular formula is C29H21BrClN3O4S2. The van der Waals surface area contributed by atoms with Crippen LogP contribution in [-0.2, 0) is 20.9 Å². The first-order chi connectivity index (χ1) is 19.2. The minimum atomic E-state index is -0.760. The van der Waals surface area contributed by atoms with Crippen LogP contribution in [0.25, 0.3) is 0 Å². The number of nitrogens with one attached hydrogen (secondary N) is 1. The number of hydrogen-bond donors (Lipinski definition) is 1. The second-order valence-electron chi connectivity index (χ2n) is 9.62. The Labute approximate surface area is 251 Å². The molecule has 1 fully saturated rings. The number of aryl methyl sites for hydroxylation is 1. The van der Waals surface area contributed by atoms with Gasteiger partial charge in [0.25, 0.3) is 0 Å². The Morgan fingerprint density at radius 2 is 1.62 bits per heavy atom. The fourth-order valence-corrected chi connectivity index (χ4v) is 8.27. The van der Waals surface area contributed by atoms with Gasteiger partial charge in [-0.15, -0.1) is 0 Å². The van der Waals surface area contributed by atoms with Gasteiger partial charge in [0.1, 0.15) is 11.8 Å². The van der Waals surface area contributed by atoms with E-state index >= 15 is 0 Å². The highest BCUT2D eigenvalue weighted by atomic mass is 79.9. The molecule has 0 radical (unpaired) electrons. The molecule has 202 valence electrons. The molecule has 3 atom stereocenters. The van der Waals surface area contributed by atoms with Gasteiger partial charge in [0, 0.05) is 26.0 Å². The van der Waals surface area contributed by atoms with Crippen LogP contribution in [0.2, 0.25) is 5.02 Å². The van der Waals surface area contributed by atoms with Crippen molar-refractivity contribution < 1.29 is 14.4 Å². The third-order valence-corrected chi connectivity index (χ3v) is 10.4. The zero-order valence-electron chi connectivity index (χ0n) is 21.0. The fourth-order valence-electron chi connectivity index (χ4n) is 5.11. The Bertz CT molecular complexity index is 1700. The zero-order chi connectivity index (χ0) is 28.1. The molecule has 1 saturated heterocycles. The van der Waals surface area contributed by atoms with Gasteiger partial charge in [-0.2, -0.15) is 0 Å². The van der Waals surface area contributed by atoms with Gasteiger partial charge in [0.05, 0.1) is 16.6 Å². The van der Waals surface area contributed by atoms with Crippen LogP contribution >= 0.6 is 50.6 Å². The predicted molar refractivity (Wildman–Crippen MR) is 161 cm³/mol. The molecular weight excluding hydrogens is 634 g/mol. The molecule has 7 nitrogen and oxygen atoms in total. The minimum absolute atomic E-state index is 0.209. The lowest BCUT2D eigenvalue weighted by atomic mass is 9.83. The van der Waals surface area contributed by atoms with Crippen LogP contribution < -0.4 is 15.1 Å². The maximum Gasteiger partial charge on any atom is 0.308 e. The van der Waals surface area contributed by atoms with E-state index in [0.29, 0.717) is 26.3 Å². The van der Waals surface area contributed by atoms with Crippen molar-refractivity contribution in [2.75, 3.05) is 10.2 Å². The minimum Gasteiger partial charge on any atom is -0.325 e. The first-order valence-electron chi connectivity index (χ1n) is 12.4. The Hall–Kier alpha value is -3.18. The Balaban J connectivity index is 1.40. The summed E-state index contributed by atoms with van der Waals surface area (Å²) in [7, 11) is 0. The zero-order valence-corrected chi connectivity index (χ0v) is 24.9. The molecule has 2 aliphatic rings. The van der Waals surface area contributed by atoms with Crippen molar-refractivity contribution in [1.82, 2.24) is 4.57 Å². The fraction of sp³-hybridized carbons (Fsp3) is 0.172. The summed E-state index contributed by atoms with van der Waals surface area (Å²) in [6.45, 7) is 1.75. The third-order valence-electron chi connectivity index (χ3n) is 7.00. The molecule has 3 heterocycles. The molecule has 6 rings (SSSR count). The SMILES string of the molecule is Cc1ccc(NC(=O)Cn2c3c(sc2=O)C(c2ccc(Br)cc2)C2C(=O)N(c4ccc(Cl)cc4)C(=O)C2S3)cc1. The second-order valence-corrected chi connectivity index (χ2v) is 13.1. The lowest BCUT2D eigenvalue weighted by Crippen LogP contribution is -2.33. The molecule has 11 heteroatoms. The van der Waals surface area contributed by atoms with E-state index < -0.39 is 17.1 Å². The van der Waals surface area contributed by atoms with E-state index in [0.717, 1.165) is 26.9 Å². The number of carbonyl (C=O) groups excluding carboxylic acids is 3. The maximum absolute atomic E-state index is 13.9. The van der Waals surface area contributed by atoms with Crippen molar-refractivity contribution in [1.29, 1.82) is 0 Å². The molecule has 0 aliphatic carbocycles. The number of rotatable bonds is 5. The number of anilines is 2. The molecule has 2 aliphatic heterocycles. The second kappa shape index (κ2) is 10.7. The summed E-state index contributed by atoms with van der Waals surface area (Å²) < 4.78 is 2.28. The number of halogens is 2. The summed E-state index contributed by atoms with van der Waals surface area (Å²) in [6.07, 6.45) is 0. The van der Waals surface area contributed by atoms with E-state index in [1.54, 1.807) is 36.4 Å². The molecule has 1 N–H and O–H groups in total. The number of benzene rings is 3. The van der Waals surface area contributed by atoms with E-state index in [9.17, 15) is 19.2 Å². The molecule has 40 heavy (non-hydrogen) atoms. The molecule has 3 unspecified atom stereocenters. The maximum atomic E-state index is 13.9. The topological polar surface area (TPSA) is 88.5 Å². The largest absolute Gasteiger partial charge is 0.325 e. The van der Waals surface area contributed by atoms with Gasteiger partial charge in [-0.3, -0.25) is 23.7 Å². The number of nitrogens with zero attached hydrogens (tertiary/aromatic N) is 2. The highest BCUT2D eigenvalue weighted by Crippen LogP contribution is 2.54. The van der Waals surface area contributed by atoms with Crippen molar-refractivity contribution in [3.8, 4) is 0 Å². The molecule has 3 aromatic carbocycles. The molecule has 0 spiro atoms. The van der Waals surface area contributed by atoms with Crippen LogP contribution in [0.3, 0.4) is 0 Å². The summed E-state index contributed by atoms with van der Waals surface area (Å²) in [6, 6.07) is 21.5. The standard InChI is InChI=1S/C29H21BrClN3O4S2/c1-15-2-10-19(11-3-15)32-21(35)14-33-28-25(40-29(33)38)22(16-4-6-17(30)7-5-16)23-24(39-28)27(37)34(26(23)36)20-12-8-18(31)9-13-20/h2-13,22-24H,14H2,1H3,(H,32,35). The number of thiazole rings is 1. The molecule has 4 aromatic rings. The van der Waals surface area contributed by atoms with Crippen molar-refractivity contribution >= 4 is 79.7 Å². The lowest BCUT2D eigenvalue weighted by Gasteiger charge is -2.30. The van der Waals surface area contributed by atoms with Gasteiger partial charge < -0.3 is 5.32 Å². The van der Waals surface area contributed by atoms with Crippen LogP contribution in [0, 0.1) is 12.8 Å².